The van der Waals surface area contributed by atoms with Gasteiger partial charge in [-0.2, -0.15) is 0 Å². The van der Waals surface area contributed by atoms with Gasteiger partial charge in [-0.05, 0) is 25.1 Å². The Hall–Kier alpha value is -3.23. The lowest BCUT2D eigenvalue weighted by molar-refractivity contribution is 0.0943. The number of rotatable bonds is 5. The Bertz CT molecular complexity index is 823. The number of nitrogens with zero attached hydrogens (tertiary/aromatic N) is 4. The highest BCUT2D eigenvalue weighted by molar-refractivity contribution is 5.92. The number of nitrogens with one attached hydrogen (secondary N) is 1. The molecule has 1 aromatic heterocycles. The van der Waals surface area contributed by atoms with Gasteiger partial charge < -0.3 is 19.9 Å². The van der Waals surface area contributed by atoms with E-state index in [0.29, 0.717) is 44.2 Å². The van der Waals surface area contributed by atoms with E-state index in [4.69, 9.17) is 4.74 Å². The van der Waals surface area contributed by atoms with Crippen molar-refractivity contribution < 1.29 is 18.7 Å². The molecule has 0 spiro atoms. The predicted octanol–water partition coefficient (Wildman–Crippen LogP) is 1.82. The number of ether oxygens (including phenoxy) is 1. The number of amides is 2. The molecule has 8 nitrogen and oxygen atoms in total. The van der Waals surface area contributed by atoms with Gasteiger partial charge in [0.1, 0.15) is 5.82 Å². The average Bonchev–Trinajstić information content (AvgIpc) is 2.73. The van der Waals surface area contributed by atoms with E-state index in [9.17, 15) is 14.0 Å². The Morgan fingerprint density at radius 2 is 1.86 bits per heavy atom. The van der Waals surface area contributed by atoms with Crippen molar-refractivity contribution in [2.24, 2.45) is 0 Å². The van der Waals surface area contributed by atoms with Crippen LogP contribution in [0.2, 0.25) is 0 Å². The van der Waals surface area contributed by atoms with E-state index >= 15 is 0 Å². The second-order valence-electron chi connectivity index (χ2n) is 6.22. The fourth-order valence-electron chi connectivity index (χ4n) is 2.86. The summed E-state index contributed by atoms with van der Waals surface area (Å²) in [5.74, 6) is -0.158. The zero-order valence-corrected chi connectivity index (χ0v) is 15.6. The minimum absolute atomic E-state index is 0.0742. The van der Waals surface area contributed by atoms with Crippen LogP contribution in [0.4, 0.5) is 15.0 Å². The third kappa shape index (κ3) is 4.73. The fraction of sp³-hybridized carbons (Fsp3) is 0.368. The number of hydrogen-bond acceptors (Lipinski definition) is 6. The Morgan fingerprint density at radius 3 is 2.50 bits per heavy atom. The molecule has 2 aromatic rings. The molecule has 0 atom stereocenters. The summed E-state index contributed by atoms with van der Waals surface area (Å²) < 4.78 is 18.6. The predicted molar refractivity (Wildman–Crippen MR) is 100 cm³/mol. The van der Waals surface area contributed by atoms with Crippen LogP contribution in [0.3, 0.4) is 0 Å². The molecule has 0 bridgehead atoms. The molecule has 9 heteroatoms. The lowest BCUT2D eigenvalue weighted by Gasteiger charge is -2.34. The lowest BCUT2D eigenvalue weighted by Crippen LogP contribution is -2.49. The van der Waals surface area contributed by atoms with Crippen molar-refractivity contribution in [1.29, 1.82) is 0 Å². The van der Waals surface area contributed by atoms with Crippen LogP contribution in [-0.2, 0) is 11.3 Å². The molecule has 1 fully saturated rings. The minimum Gasteiger partial charge on any atom is -0.450 e. The Labute approximate surface area is 162 Å². The summed E-state index contributed by atoms with van der Waals surface area (Å²) in [5, 5.41) is 10.7. The van der Waals surface area contributed by atoms with Crippen LogP contribution in [0.5, 0.6) is 0 Å². The molecule has 148 valence electrons. The minimum atomic E-state index is -0.422. The van der Waals surface area contributed by atoms with Crippen molar-refractivity contribution >= 4 is 17.8 Å². The summed E-state index contributed by atoms with van der Waals surface area (Å²) in [6.07, 6.45) is -0.310. The summed E-state index contributed by atoms with van der Waals surface area (Å²) in [6.45, 7) is 4.48. The van der Waals surface area contributed by atoms with E-state index in [0.717, 1.165) is 0 Å². The molecule has 0 radical (unpaired) electrons. The highest BCUT2D eigenvalue weighted by Gasteiger charge is 2.23. The van der Waals surface area contributed by atoms with E-state index < -0.39 is 5.91 Å². The Kier molecular flexibility index (Phi) is 6.36. The highest BCUT2D eigenvalue weighted by atomic mass is 19.1. The van der Waals surface area contributed by atoms with Crippen LogP contribution < -0.4 is 10.2 Å². The van der Waals surface area contributed by atoms with Gasteiger partial charge in [0.15, 0.2) is 11.5 Å². The van der Waals surface area contributed by atoms with Gasteiger partial charge in [0.25, 0.3) is 5.91 Å². The zero-order chi connectivity index (χ0) is 19.9. The maximum atomic E-state index is 13.6. The molecule has 0 unspecified atom stereocenters. The van der Waals surface area contributed by atoms with E-state index in [1.165, 1.54) is 6.07 Å². The molecule has 0 saturated carbocycles. The first kappa shape index (κ1) is 19.5. The number of aromatic nitrogens is 2. The van der Waals surface area contributed by atoms with Crippen molar-refractivity contribution in [3.63, 3.8) is 0 Å². The van der Waals surface area contributed by atoms with Crippen LogP contribution >= 0.6 is 0 Å². The standard InChI is InChI=1S/C19H22FN5O3/c1-2-28-19(27)25-11-9-24(10-12-25)17-8-7-16(22-23-17)18(26)21-13-14-5-3-4-6-15(14)20/h3-8H,2,9-13H2,1H3,(H,21,26). The number of halogens is 1. The fourth-order valence-corrected chi connectivity index (χ4v) is 2.86. The smallest absolute Gasteiger partial charge is 0.409 e. The molecule has 1 aliphatic rings. The summed E-state index contributed by atoms with van der Waals surface area (Å²) in [4.78, 5) is 27.6. The first-order valence-corrected chi connectivity index (χ1v) is 9.10. The summed E-state index contributed by atoms with van der Waals surface area (Å²) in [5.41, 5.74) is 0.560. The molecule has 2 amide bonds. The first-order valence-electron chi connectivity index (χ1n) is 9.10. The van der Waals surface area contributed by atoms with E-state index in [1.807, 2.05) is 4.90 Å². The first-order chi connectivity index (χ1) is 13.6. The van der Waals surface area contributed by atoms with E-state index in [2.05, 4.69) is 15.5 Å². The summed E-state index contributed by atoms with van der Waals surface area (Å²) in [6, 6.07) is 9.55. The molecular weight excluding hydrogens is 365 g/mol. The van der Waals surface area contributed by atoms with Crippen molar-refractivity contribution in [3.8, 4) is 0 Å². The number of anilines is 1. The highest BCUT2D eigenvalue weighted by Crippen LogP contribution is 2.13. The molecule has 1 saturated heterocycles. The van der Waals surface area contributed by atoms with Gasteiger partial charge >= 0.3 is 6.09 Å². The third-order valence-corrected chi connectivity index (χ3v) is 4.41. The van der Waals surface area contributed by atoms with Crippen LogP contribution in [0.15, 0.2) is 36.4 Å². The van der Waals surface area contributed by atoms with Gasteiger partial charge in [0.05, 0.1) is 6.61 Å². The van der Waals surface area contributed by atoms with Crippen molar-refractivity contribution in [1.82, 2.24) is 20.4 Å². The zero-order valence-electron chi connectivity index (χ0n) is 15.6. The average molecular weight is 387 g/mol. The Balaban J connectivity index is 1.53. The normalized spacial score (nSPS) is 13.9. The van der Waals surface area contributed by atoms with Crippen LogP contribution in [-0.4, -0.2) is 59.9 Å². The molecule has 3 rings (SSSR count). The number of carbonyl (C=O) groups is 2. The monoisotopic (exact) mass is 387 g/mol. The maximum Gasteiger partial charge on any atom is 0.409 e. The number of carbonyl (C=O) groups excluding carboxylic acids is 2. The molecule has 1 aromatic carbocycles. The largest absolute Gasteiger partial charge is 0.450 e. The van der Waals surface area contributed by atoms with Crippen molar-refractivity contribution in [2.75, 3.05) is 37.7 Å². The van der Waals surface area contributed by atoms with Gasteiger partial charge in [-0.1, -0.05) is 18.2 Å². The quantitative estimate of drug-likeness (QED) is 0.842. The summed E-state index contributed by atoms with van der Waals surface area (Å²) >= 11 is 0. The number of benzene rings is 1. The van der Waals surface area contributed by atoms with Crippen molar-refractivity contribution in [3.05, 3.63) is 53.5 Å². The molecule has 0 aliphatic carbocycles. The maximum absolute atomic E-state index is 13.6. The number of hydrogen-bond donors (Lipinski definition) is 1. The third-order valence-electron chi connectivity index (χ3n) is 4.41. The SMILES string of the molecule is CCOC(=O)N1CCN(c2ccc(C(=O)NCc3ccccc3F)nn2)CC1. The van der Waals surface area contributed by atoms with E-state index in [1.54, 1.807) is 42.2 Å². The van der Waals surface area contributed by atoms with Gasteiger partial charge in [-0.15, -0.1) is 10.2 Å². The molecule has 2 heterocycles. The molecule has 1 aliphatic heterocycles. The number of piperazine rings is 1. The van der Waals surface area contributed by atoms with Crippen molar-refractivity contribution in [2.45, 2.75) is 13.5 Å². The summed E-state index contributed by atoms with van der Waals surface area (Å²) in [7, 11) is 0. The van der Waals surface area contributed by atoms with Gasteiger partial charge in [0, 0.05) is 38.3 Å². The second-order valence-corrected chi connectivity index (χ2v) is 6.22. The molecular formula is C19H22FN5O3. The van der Waals surface area contributed by atoms with Gasteiger partial charge in [0.2, 0.25) is 0 Å². The van der Waals surface area contributed by atoms with Crippen LogP contribution in [0.1, 0.15) is 23.0 Å². The van der Waals surface area contributed by atoms with Crippen LogP contribution in [0, 0.1) is 5.82 Å². The lowest BCUT2D eigenvalue weighted by atomic mass is 10.2. The molecule has 1 N–H and O–H groups in total. The van der Waals surface area contributed by atoms with Gasteiger partial charge in [-0.3, -0.25) is 4.79 Å². The second kappa shape index (κ2) is 9.12. The topological polar surface area (TPSA) is 87.7 Å². The van der Waals surface area contributed by atoms with E-state index in [-0.39, 0.29) is 24.1 Å². The van der Waals surface area contributed by atoms with Gasteiger partial charge in [-0.25, -0.2) is 9.18 Å². The van der Waals surface area contributed by atoms with Crippen LogP contribution in [0.25, 0.3) is 0 Å². The molecule has 28 heavy (non-hydrogen) atoms. The Morgan fingerprint density at radius 1 is 1.11 bits per heavy atom.